The molecule has 3 aromatic carbocycles. The second-order valence-electron chi connectivity index (χ2n) is 7.11. The van der Waals surface area contributed by atoms with E-state index in [4.69, 9.17) is 27.9 Å². The number of methoxy groups -OCH3 is 1. The van der Waals surface area contributed by atoms with Crippen LogP contribution in [0.3, 0.4) is 0 Å². The van der Waals surface area contributed by atoms with Gasteiger partial charge in [-0.1, -0.05) is 29.3 Å². The van der Waals surface area contributed by atoms with E-state index in [0.717, 1.165) is 5.56 Å². The van der Waals surface area contributed by atoms with Gasteiger partial charge < -0.3 is 10.1 Å². The molecule has 0 heterocycles. The first-order chi connectivity index (χ1) is 15.1. The molecule has 0 spiro atoms. The van der Waals surface area contributed by atoms with E-state index in [1.165, 1.54) is 42.7 Å². The number of hydrogen-bond donors (Lipinski definition) is 1. The van der Waals surface area contributed by atoms with Crippen LogP contribution in [0.25, 0.3) is 0 Å². The Kier molecular flexibility index (Phi) is 7.46. The van der Waals surface area contributed by atoms with Gasteiger partial charge in [-0.15, -0.1) is 0 Å². The van der Waals surface area contributed by atoms with Gasteiger partial charge in [-0.05, 0) is 67.1 Å². The van der Waals surface area contributed by atoms with E-state index in [1.807, 2.05) is 6.92 Å². The van der Waals surface area contributed by atoms with Crippen LogP contribution in [0.15, 0.2) is 65.6 Å². The Morgan fingerprint density at radius 2 is 1.75 bits per heavy atom. The minimum atomic E-state index is -3.77. The average molecular weight is 493 g/mol. The lowest BCUT2D eigenvalue weighted by atomic mass is 10.1. The zero-order valence-corrected chi connectivity index (χ0v) is 20.1. The molecule has 0 fully saturated rings. The fourth-order valence-corrected chi connectivity index (χ4v) is 4.54. The Morgan fingerprint density at radius 1 is 1.06 bits per heavy atom. The highest BCUT2D eigenvalue weighted by Gasteiger charge is 2.23. The number of sulfonamides is 1. The first kappa shape index (κ1) is 24.1. The number of halogens is 2. The first-order valence-electron chi connectivity index (χ1n) is 9.58. The van der Waals surface area contributed by atoms with Gasteiger partial charge >= 0.3 is 0 Å². The van der Waals surface area contributed by atoms with Crippen molar-refractivity contribution in [1.82, 2.24) is 4.31 Å². The summed E-state index contributed by atoms with van der Waals surface area (Å²) in [5.74, 6) is 0.126. The molecule has 0 saturated carbocycles. The van der Waals surface area contributed by atoms with Crippen molar-refractivity contribution in [2.24, 2.45) is 0 Å². The summed E-state index contributed by atoms with van der Waals surface area (Å²) in [6, 6.07) is 16.1. The number of anilines is 1. The molecule has 0 radical (unpaired) electrons. The smallest absolute Gasteiger partial charge is 0.255 e. The molecule has 0 aliphatic carbocycles. The highest BCUT2D eigenvalue weighted by Crippen LogP contribution is 2.27. The van der Waals surface area contributed by atoms with Gasteiger partial charge in [-0.2, -0.15) is 4.31 Å². The molecule has 1 amide bonds. The van der Waals surface area contributed by atoms with Crippen LogP contribution >= 0.6 is 23.2 Å². The number of carbonyl (C=O) groups is 1. The Hall–Kier alpha value is -2.58. The molecule has 3 aromatic rings. The summed E-state index contributed by atoms with van der Waals surface area (Å²) in [4.78, 5) is 12.9. The number of amides is 1. The minimum absolute atomic E-state index is 0.00540. The Morgan fingerprint density at radius 3 is 2.41 bits per heavy atom. The number of rotatable bonds is 7. The van der Waals surface area contributed by atoms with E-state index in [2.05, 4.69) is 5.32 Å². The minimum Gasteiger partial charge on any atom is -0.496 e. The van der Waals surface area contributed by atoms with E-state index in [9.17, 15) is 13.2 Å². The largest absolute Gasteiger partial charge is 0.496 e. The molecule has 0 aliphatic heterocycles. The number of nitrogens with zero attached hydrogens (tertiary/aromatic N) is 1. The van der Waals surface area contributed by atoms with Crippen LogP contribution in [-0.2, 0) is 16.6 Å². The van der Waals surface area contributed by atoms with E-state index in [-0.39, 0.29) is 17.3 Å². The molecule has 3 rings (SSSR count). The molecular weight excluding hydrogens is 471 g/mol. The normalized spacial score (nSPS) is 11.4. The quantitative estimate of drug-likeness (QED) is 0.479. The average Bonchev–Trinajstić information content (AvgIpc) is 2.77. The van der Waals surface area contributed by atoms with Crippen molar-refractivity contribution in [3.8, 4) is 5.75 Å². The van der Waals surface area contributed by atoms with E-state index >= 15 is 0 Å². The summed E-state index contributed by atoms with van der Waals surface area (Å²) >= 11 is 12.0. The van der Waals surface area contributed by atoms with Crippen molar-refractivity contribution < 1.29 is 17.9 Å². The van der Waals surface area contributed by atoms with Gasteiger partial charge in [0.15, 0.2) is 0 Å². The predicted octanol–water partition coefficient (Wildman–Crippen LogP) is 5.38. The third kappa shape index (κ3) is 5.24. The van der Waals surface area contributed by atoms with E-state index in [0.29, 0.717) is 32.6 Å². The van der Waals surface area contributed by atoms with Gasteiger partial charge in [0.05, 0.1) is 12.0 Å². The molecule has 1 N–H and O–H groups in total. The molecule has 0 aliphatic rings. The molecule has 0 bridgehead atoms. The summed E-state index contributed by atoms with van der Waals surface area (Å²) in [6.07, 6.45) is 0. The maximum absolute atomic E-state index is 12.9. The lowest BCUT2D eigenvalue weighted by Gasteiger charge is -2.19. The SMILES string of the molecule is COc1ccc(C(=O)Nc2cccc(Cl)c2C)cc1CN(C)S(=O)(=O)c1ccc(Cl)cc1. The van der Waals surface area contributed by atoms with Crippen molar-refractivity contribution in [3.05, 3.63) is 87.4 Å². The highest BCUT2D eigenvalue weighted by atomic mass is 35.5. The topological polar surface area (TPSA) is 75.7 Å². The van der Waals surface area contributed by atoms with E-state index < -0.39 is 10.0 Å². The van der Waals surface area contributed by atoms with Gasteiger partial charge in [0.1, 0.15) is 5.75 Å². The third-order valence-corrected chi connectivity index (χ3v) is 7.45. The maximum Gasteiger partial charge on any atom is 0.255 e. The van der Waals surface area contributed by atoms with E-state index in [1.54, 1.807) is 36.4 Å². The number of carbonyl (C=O) groups excluding carboxylic acids is 1. The van der Waals surface area contributed by atoms with Crippen LogP contribution in [0.2, 0.25) is 10.0 Å². The molecule has 0 saturated heterocycles. The van der Waals surface area contributed by atoms with Crippen LogP contribution < -0.4 is 10.1 Å². The van der Waals surface area contributed by atoms with Gasteiger partial charge in [0, 0.05) is 40.5 Å². The van der Waals surface area contributed by atoms with Gasteiger partial charge in [-0.25, -0.2) is 8.42 Å². The zero-order chi connectivity index (χ0) is 23.5. The van der Waals surface area contributed by atoms with Crippen molar-refractivity contribution in [2.75, 3.05) is 19.5 Å². The molecule has 0 atom stereocenters. The Balaban J connectivity index is 1.86. The highest BCUT2D eigenvalue weighted by molar-refractivity contribution is 7.89. The summed E-state index contributed by atoms with van der Waals surface area (Å²) in [6.45, 7) is 1.82. The zero-order valence-electron chi connectivity index (χ0n) is 17.7. The first-order valence-corrected chi connectivity index (χ1v) is 11.8. The van der Waals surface area contributed by atoms with Crippen LogP contribution in [0, 0.1) is 6.92 Å². The van der Waals surface area contributed by atoms with Gasteiger partial charge in [0.2, 0.25) is 10.0 Å². The monoisotopic (exact) mass is 492 g/mol. The van der Waals surface area contributed by atoms with Crippen molar-refractivity contribution in [1.29, 1.82) is 0 Å². The lowest BCUT2D eigenvalue weighted by molar-refractivity contribution is 0.102. The molecule has 32 heavy (non-hydrogen) atoms. The summed E-state index contributed by atoms with van der Waals surface area (Å²) in [7, 11) is -0.816. The van der Waals surface area contributed by atoms with Crippen LogP contribution in [-0.4, -0.2) is 32.8 Å². The van der Waals surface area contributed by atoms with Crippen LogP contribution in [0.4, 0.5) is 5.69 Å². The van der Waals surface area contributed by atoms with Crippen molar-refractivity contribution in [2.45, 2.75) is 18.4 Å². The van der Waals surface area contributed by atoms with Crippen LogP contribution in [0.5, 0.6) is 5.75 Å². The Labute approximate surface area is 197 Å². The third-order valence-electron chi connectivity index (χ3n) is 4.97. The fourth-order valence-electron chi connectivity index (χ4n) is 3.09. The molecule has 168 valence electrons. The summed E-state index contributed by atoms with van der Waals surface area (Å²) < 4.78 is 32.4. The number of ether oxygens (including phenoxy) is 1. The molecular formula is C23H22Cl2N2O4S. The predicted molar refractivity (Wildman–Crippen MR) is 127 cm³/mol. The molecule has 0 unspecified atom stereocenters. The summed E-state index contributed by atoms with van der Waals surface area (Å²) in [5, 5.41) is 3.83. The van der Waals surface area contributed by atoms with Crippen LogP contribution in [0.1, 0.15) is 21.5 Å². The maximum atomic E-state index is 12.9. The lowest BCUT2D eigenvalue weighted by Crippen LogP contribution is -2.27. The standard InChI is InChI=1S/C23H22Cl2N2O4S/c1-15-20(25)5-4-6-21(15)26-23(28)16-7-12-22(31-3)17(13-16)14-27(2)32(29,30)19-10-8-18(24)9-11-19/h4-13H,14H2,1-3H3,(H,26,28). The van der Waals surface area contributed by atoms with Gasteiger partial charge in [-0.3, -0.25) is 4.79 Å². The fraction of sp³-hybridized carbons (Fsp3) is 0.174. The molecule has 9 heteroatoms. The summed E-state index contributed by atoms with van der Waals surface area (Å²) in [5.41, 5.74) is 2.26. The molecule has 0 aromatic heterocycles. The second kappa shape index (κ2) is 9.92. The number of benzene rings is 3. The molecule has 6 nitrogen and oxygen atoms in total. The van der Waals surface area contributed by atoms with Crippen molar-refractivity contribution in [3.63, 3.8) is 0 Å². The second-order valence-corrected chi connectivity index (χ2v) is 10.00. The Bertz CT molecular complexity index is 1250. The van der Waals surface area contributed by atoms with Crippen molar-refractivity contribution >= 4 is 44.8 Å². The van der Waals surface area contributed by atoms with Gasteiger partial charge in [0.25, 0.3) is 5.91 Å². The number of nitrogens with one attached hydrogen (secondary N) is 1. The number of hydrogen-bond acceptors (Lipinski definition) is 4.